The summed E-state index contributed by atoms with van der Waals surface area (Å²) in [6, 6.07) is 0. The van der Waals surface area contributed by atoms with Gasteiger partial charge in [0.25, 0.3) is 0 Å². The number of hydrogen-bond acceptors (Lipinski definition) is 4. The number of piperazine rings is 1. The van der Waals surface area contributed by atoms with Crippen molar-refractivity contribution in [3.8, 4) is 0 Å². The van der Waals surface area contributed by atoms with Crippen LogP contribution in [-0.4, -0.2) is 71.6 Å². The molecule has 2 unspecified atom stereocenters. The number of rotatable bonds is 4. The van der Waals surface area contributed by atoms with Crippen LogP contribution in [0.5, 0.6) is 0 Å². The number of carboxylic acid groups (broad SMARTS) is 1. The van der Waals surface area contributed by atoms with Crippen molar-refractivity contribution in [1.29, 1.82) is 0 Å². The van der Waals surface area contributed by atoms with Crippen LogP contribution >= 0.6 is 0 Å². The summed E-state index contributed by atoms with van der Waals surface area (Å²) in [6.07, 6.45) is 1.27. The fourth-order valence-electron chi connectivity index (χ4n) is 3.38. The first-order valence-corrected chi connectivity index (χ1v) is 8.67. The molecule has 2 fully saturated rings. The molecule has 2 aliphatic rings. The number of hydrogen-bond donors (Lipinski definition) is 1. The van der Waals surface area contributed by atoms with E-state index in [1.807, 2.05) is 20.8 Å². The van der Waals surface area contributed by atoms with Gasteiger partial charge < -0.3 is 19.6 Å². The molecular formula is C18H28N2O5. The molecule has 0 aromatic rings. The number of carboxylic acids is 1. The topological polar surface area (TPSA) is 87.2 Å². The molecule has 2 amide bonds. The molecule has 7 nitrogen and oxygen atoms in total. The van der Waals surface area contributed by atoms with Gasteiger partial charge in [0.1, 0.15) is 5.92 Å². The first kappa shape index (κ1) is 19.4. The summed E-state index contributed by atoms with van der Waals surface area (Å²) in [5, 5.41) is 9.40. The lowest BCUT2D eigenvalue weighted by Gasteiger charge is -2.37. The van der Waals surface area contributed by atoms with E-state index in [9.17, 15) is 19.5 Å². The van der Waals surface area contributed by atoms with Crippen LogP contribution in [0.25, 0.3) is 0 Å². The lowest BCUT2D eigenvalue weighted by molar-refractivity contribution is -0.150. The Kier molecular flexibility index (Phi) is 5.87. The fourth-order valence-corrected chi connectivity index (χ4v) is 3.38. The maximum atomic E-state index is 12.7. The first-order chi connectivity index (χ1) is 11.6. The third kappa shape index (κ3) is 4.60. The minimum atomic E-state index is -1.04. The predicted molar refractivity (Wildman–Crippen MR) is 91.8 cm³/mol. The zero-order valence-corrected chi connectivity index (χ0v) is 15.2. The quantitative estimate of drug-likeness (QED) is 0.763. The van der Waals surface area contributed by atoms with Crippen molar-refractivity contribution in [3.05, 3.63) is 12.7 Å². The Bertz CT molecular complexity index is 546. The third-order valence-electron chi connectivity index (χ3n) is 4.72. The number of carbonyl (C=O) groups excluding carboxylic acids is 2. The van der Waals surface area contributed by atoms with E-state index in [4.69, 9.17) is 4.74 Å². The van der Waals surface area contributed by atoms with Crippen molar-refractivity contribution in [2.24, 2.45) is 17.3 Å². The Morgan fingerprint density at radius 3 is 2.20 bits per heavy atom. The number of aliphatic carboxylic acids is 1. The minimum Gasteiger partial charge on any atom is -0.481 e. The predicted octanol–water partition coefficient (Wildman–Crippen LogP) is 0.995. The smallest absolute Gasteiger partial charge is 0.310 e. The maximum absolute atomic E-state index is 12.7. The van der Waals surface area contributed by atoms with Gasteiger partial charge in [0.15, 0.2) is 0 Å². The summed E-state index contributed by atoms with van der Waals surface area (Å²) in [4.78, 5) is 39.9. The van der Waals surface area contributed by atoms with Crippen molar-refractivity contribution in [3.63, 3.8) is 0 Å². The molecule has 0 aliphatic carbocycles. The molecule has 0 aromatic carbocycles. The maximum Gasteiger partial charge on any atom is 0.310 e. The van der Waals surface area contributed by atoms with Crippen LogP contribution in [0.15, 0.2) is 12.7 Å². The van der Waals surface area contributed by atoms with Gasteiger partial charge in [-0.3, -0.25) is 14.4 Å². The molecule has 0 spiro atoms. The molecule has 0 bridgehead atoms. The van der Waals surface area contributed by atoms with E-state index >= 15 is 0 Å². The van der Waals surface area contributed by atoms with Gasteiger partial charge in [-0.2, -0.15) is 0 Å². The molecule has 2 aliphatic heterocycles. The molecule has 2 rings (SSSR count). The largest absolute Gasteiger partial charge is 0.481 e. The van der Waals surface area contributed by atoms with Gasteiger partial charge in [-0.05, 0) is 5.41 Å². The van der Waals surface area contributed by atoms with E-state index in [1.54, 1.807) is 9.80 Å². The molecule has 0 aromatic heterocycles. The second-order valence-corrected chi connectivity index (χ2v) is 7.95. The average molecular weight is 352 g/mol. The third-order valence-corrected chi connectivity index (χ3v) is 4.72. The lowest BCUT2D eigenvalue weighted by Crippen LogP contribution is -2.53. The highest BCUT2D eigenvalue weighted by Gasteiger charge is 2.46. The van der Waals surface area contributed by atoms with Crippen molar-refractivity contribution < 1.29 is 24.2 Å². The molecular weight excluding hydrogens is 324 g/mol. The first-order valence-electron chi connectivity index (χ1n) is 8.67. The number of carbonyl (C=O) groups is 3. The molecule has 0 saturated carbocycles. The molecule has 3 atom stereocenters. The van der Waals surface area contributed by atoms with Crippen LogP contribution in [0.4, 0.5) is 0 Å². The van der Waals surface area contributed by atoms with Crippen molar-refractivity contribution in [2.45, 2.75) is 33.3 Å². The molecule has 2 saturated heterocycles. The highest BCUT2D eigenvalue weighted by molar-refractivity contribution is 5.86. The van der Waals surface area contributed by atoms with Gasteiger partial charge in [0.05, 0.1) is 18.6 Å². The highest BCUT2D eigenvalue weighted by Crippen LogP contribution is 2.30. The number of amides is 2. The molecule has 140 valence electrons. The molecule has 2 heterocycles. The van der Waals surface area contributed by atoms with Gasteiger partial charge in [-0.25, -0.2) is 0 Å². The van der Waals surface area contributed by atoms with E-state index in [0.717, 1.165) is 0 Å². The zero-order chi connectivity index (χ0) is 18.8. The van der Waals surface area contributed by atoms with Crippen LogP contribution in [0, 0.1) is 17.3 Å². The zero-order valence-electron chi connectivity index (χ0n) is 15.2. The standard InChI is InChI=1S/C18H28N2O5/c1-5-13-15(17(23)24)12(11-25-13)16(22)20-8-6-19(7-9-20)14(21)10-18(2,3)4/h5,12-13,15H,1,6-11H2,2-4H3,(H,23,24)/t12?,13-,15?/m1/s1. The van der Waals surface area contributed by atoms with E-state index < -0.39 is 23.9 Å². The van der Waals surface area contributed by atoms with Gasteiger partial charge >= 0.3 is 5.97 Å². The van der Waals surface area contributed by atoms with Crippen LogP contribution in [0.3, 0.4) is 0 Å². The fraction of sp³-hybridized carbons (Fsp3) is 0.722. The monoisotopic (exact) mass is 352 g/mol. The molecule has 0 radical (unpaired) electrons. The summed E-state index contributed by atoms with van der Waals surface area (Å²) in [5.74, 6) is -2.75. The van der Waals surface area contributed by atoms with E-state index in [0.29, 0.717) is 32.6 Å². The molecule has 1 N–H and O–H groups in total. The number of ether oxygens (including phenoxy) is 1. The van der Waals surface area contributed by atoms with Gasteiger partial charge in [0.2, 0.25) is 11.8 Å². The second kappa shape index (κ2) is 7.56. The summed E-state index contributed by atoms with van der Waals surface area (Å²) >= 11 is 0. The van der Waals surface area contributed by atoms with Crippen LogP contribution in [0.2, 0.25) is 0 Å². The summed E-state index contributed by atoms with van der Waals surface area (Å²) < 4.78 is 5.40. The SMILES string of the molecule is C=C[C@H]1OCC(C(=O)N2CCN(C(=O)CC(C)(C)C)CC2)C1C(=O)O. The van der Waals surface area contributed by atoms with E-state index in [-0.39, 0.29) is 23.8 Å². The summed E-state index contributed by atoms with van der Waals surface area (Å²) in [7, 11) is 0. The van der Waals surface area contributed by atoms with Crippen LogP contribution < -0.4 is 0 Å². The Labute approximate surface area is 148 Å². The lowest BCUT2D eigenvalue weighted by atomic mass is 9.89. The van der Waals surface area contributed by atoms with Crippen molar-refractivity contribution in [1.82, 2.24) is 9.80 Å². The van der Waals surface area contributed by atoms with Gasteiger partial charge in [-0.1, -0.05) is 26.8 Å². The Hall–Kier alpha value is -1.89. The highest BCUT2D eigenvalue weighted by atomic mass is 16.5. The Morgan fingerprint density at radius 1 is 1.16 bits per heavy atom. The molecule has 25 heavy (non-hydrogen) atoms. The van der Waals surface area contributed by atoms with Crippen molar-refractivity contribution >= 4 is 17.8 Å². The van der Waals surface area contributed by atoms with Crippen molar-refractivity contribution in [2.75, 3.05) is 32.8 Å². The summed E-state index contributed by atoms with van der Waals surface area (Å²) in [6.45, 7) is 11.6. The average Bonchev–Trinajstić information content (AvgIpc) is 2.97. The second-order valence-electron chi connectivity index (χ2n) is 7.95. The van der Waals surface area contributed by atoms with Crippen LogP contribution in [-0.2, 0) is 19.1 Å². The molecule has 7 heteroatoms. The number of nitrogens with zero attached hydrogens (tertiary/aromatic N) is 2. The Balaban J connectivity index is 1.94. The van der Waals surface area contributed by atoms with Gasteiger partial charge in [-0.15, -0.1) is 6.58 Å². The summed E-state index contributed by atoms with van der Waals surface area (Å²) in [5.41, 5.74) is -0.0698. The Morgan fingerprint density at radius 2 is 1.72 bits per heavy atom. The normalized spacial score (nSPS) is 27.2. The van der Waals surface area contributed by atoms with Gasteiger partial charge in [0, 0.05) is 32.6 Å². The van der Waals surface area contributed by atoms with Crippen LogP contribution in [0.1, 0.15) is 27.2 Å². The van der Waals surface area contributed by atoms with E-state index in [1.165, 1.54) is 6.08 Å². The van der Waals surface area contributed by atoms with E-state index in [2.05, 4.69) is 6.58 Å². The minimum absolute atomic E-state index is 0.0698.